The standard InChI is InChI=1S/C56H100N6O6/c1-7-11-14-17-20-24-32-46(63)41-60(39-31-40-61(42-47(64)33-25-21-18-15-12-8-2)43-48(65)34-26-22-19-16-13-9-3)38-30-23-27-37-52(66)68-56(5,6)45-62-51(44-67-10-4)59-53-54(62)49-35-28-29-36-50(49)58-55(53)57/h28-29,35-36,46-48,63-65H,7-27,30-34,37-45H2,1-6H3,(H2,57,58). The number of aliphatic hydroxyl groups excluding tert-OH is 3. The molecule has 0 fully saturated rings. The number of aromatic nitrogens is 3. The quantitative estimate of drug-likeness (QED) is 0.0316. The normalized spacial score (nSPS) is 13.6. The predicted octanol–water partition coefficient (Wildman–Crippen LogP) is 11.9. The lowest BCUT2D eigenvalue weighted by Crippen LogP contribution is -2.40. The Balaban J connectivity index is 1.58. The summed E-state index contributed by atoms with van der Waals surface area (Å²) in [6.45, 7) is 18.1. The van der Waals surface area contributed by atoms with Gasteiger partial charge in [0.15, 0.2) is 5.82 Å². The van der Waals surface area contributed by atoms with Gasteiger partial charge < -0.3 is 40.0 Å². The van der Waals surface area contributed by atoms with Crippen LogP contribution in [0.25, 0.3) is 21.9 Å². The van der Waals surface area contributed by atoms with Gasteiger partial charge >= 0.3 is 5.97 Å². The Labute approximate surface area is 413 Å². The molecule has 3 aromatic rings. The van der Waals surface area contributed by atoms with E-state index in [1.807, 2.05) is 45.0 Å². The second kappa shape index (κ2) is 35.3. The van der Waals surface area contributed by atoms with Gasteiger partial charge in [0.05, 0.1) is 35.9 Å². The molecule has 3 atom stereocenters. The number of hydrogen-bond donors (Lipinski definition) is 4. The number of pyridine rings is 1. The molecular weight excluding hydrogens is 853 g/mol. The maximum atomic E-state index is 13.4. The number of fused-ring (bicyclic) bond motifs is 3. The molecule has 5 N–H and O–H groups in total. The molecule has 0 radical (unpaired) electrons. The second-order valence-corrected chi connectivity index (χ2v) is 20.6. The Kier molecular flexibility index (Phi) is 30.8. The largest absolute Gasteiger partial charge is 0.458 e. The van der Waals surface area contributed by atoms with Crippen LogP contribution in [0.4, 0.5) is 5.82 Å². The number of carbonyl (C=O) groups is 1. The fourth-order valence-corrected chi connectivity index (χ4v) is 9.65. The summed E-state index contributed by atoms with van der Waals surface area (Å²) in [6, 6.07) is 7.88. The van der Waals surface area contributed by atoms with E-state index in [0.717, 1.165) is 107 Å². The predicted molar refractivity (Wildman–Crippen MR) is 283 cm³/mol. The fraction of sp³-hybridized carbons (Fsp3) is 0.804. The van der Waals surface area contributed by atoms with Gasteiger partial charge in [0.1, 0.15) is 23.5 Å². The van der Waals surface area contributed by atoms with E-state index in [9.17, 15) is 20.1 Å². The number of hydrogen-bond acceptors (Lipinski definition) is 11. The summed E-state index contributed by atoms with van der Waals surface area (Å²) in [5, 5.41) is 34.4. The zero-order chi connectivity index (χ0) is 49.4. The van der Waals surface area contributed by atoms with Crippen LogP contribution in [0, 0.1) is 0 Å². The monoisotopic (exact) mass is 953 g/mol. The average Bonchev–Trinajstić information content (AvgIpc) is 3.66. The van der Waals surface area contributed by atoms with Gasteiger partial charge in [-0.1, -0.05) is 161 Å². The molecule has 0 bridgehead atoms. The molecule has 390 valence electrons. The minimum Gasteiger partial charge on any atom is -0.458 e. The first kappa shape index (κ1) is 59.4. The van der Waals surface area contributed by atoms with Crippen molar-refractivity contribution in [3.05, 3.63) is 30.1 Å². The summed E-state index contributed by atoms with van der Waals surface area (Å²) in [7, 11) is 0. The molecule has 0 aliphatic rings. The number of esters is 1. The zero-order valence-corrected chi connectivity index (χ0v) is 44.2. The molecule has 12 heteroatoms. The van der Waals surface area contributed by atoms with E-state index in [2.05, 4.69) is 40.1 Å². The number of nitrogen functional groups attached to an aromatic ring is 1. The topological polar surface area (TPSA) is 159 Å². The maximum absolute atomic E-state index is 13.4. The SMILES string of the molecule is CCCCCCCCC(O)CN(CCCCCC(=O)OC(C)(C)Cn1c(COCC)nc2c(N)nc3ccccc3c21)CCCN(CC(O)CCCCCCCC)CC(O)CCCCCCCC. The summed E-state index contributed by atoms with van der Waals surface area (Å²) >= 11 is 0. The van der Waals surface area contributed by atoms with Crippen molar-refractivity contribution >= 4 is 33.7 Å². The highest BCUT2D eigenvalue weighted by Crippen LogP contribution is 2.31. The number of nitrogens with two attached hydrogens (primary N) is 1. The average molecular weight is 953 g/mol. The molecule has 0 spiro atoms. The van der Waals surface area contributed by atoms with Crippen molar-refractivity contribution in [3.63, 3.8) is 0 Å². The summed E-state index contributed by atoms with van der Waals surface area (Å²) in [4.78, 5) is 27.5. The van der Waals surface area contributed by atoms with E-state index < -0.39 is 17.8 Å². The number of benzene rings is 1. The van der Waals surface area contributed by atoms with Crippen molar-refractivity contribution in [1.82, 2.24) is 24.3 Å². The Morgan fingerprint density at radius 2 is 1.13 bits per heavy atom. The highest BCUT2D eigenvalue weighted by molar-refractivity contribution is 6.06. The third-order valence-electron chi connectivity index (χ3n) is 13.4. The first-order valence-electron chi connectivity index (χ1n) is 27.7. The van der Waals surface area contributed by atoms with Gasteiger partial charge in [0, 0.05) is 38.0 Å². The van der Waals surface area contributed by atoms with E-state index in [1.165, 1.54) is 89.9 Å². The van der Waals surface area contributed by atoms with Gasteiger partial charge in [-0.2, -0.15) is 0 Å². The number of rotatable bonds is 43. The number of para-hydroxylation sites is 1. The minimum absolute atomic E-state index is 0.222. The minimum atomic E-state index is -0.823. The first-order chi connectivity index (χ1) is 32.9. The van der Waals surface area contributed by atoms with Crippen LogP contribution in [0.1, 0.15) is 214 Å². The molecule has 1 aromatic carbocycles. The maximum Gasteiger partial charge on any atom is 0.306 e. The van der Waals surface area contributed by atoms with Crippen molar-refractivity contribution in [2.45, 2.75) is 246 Å². The van der Waals surface area contributed by atoms with E-state index in [0.29, 0.717) is 63.0 Å². The first-order valence-corrected chi connectivity index (χ1v) is 27.7. The lowest BCUT2D eigenvalue weighted by Gasteiger charge is -2.30. The molecule has 12 nitrogen and oxygen atoms in total. The molecule has 0 saturated carbocycles. The number of carbonyl (C=O) groups excluding carboxylic acids is 1. The van der Waals surface area contributed by atoms with Crippen LogP contribution in [-0.4, -0.2) is 115 Å². The van der Waals surface area contributed by atoms with Gasteiger partial charge in [0.25, 0.3) is 0 Å². The van der Waals surface area contributed by atoms with Crippen molar-refractivity contribution in [2.24, 2.45) is 0 Å². The second-order valence-electron chi connectivity index (χ2n) is 20.6. The van der Waals surface area contributed by atoms with Gasteiger partial charge in [-0.3, -0.25) is 9.69 Å². The fourth-order valence-electron chi connectivity index (χ4n) is 9.65. The molecule has 0 amide bonds. The summed E-state index contributed by atoms with van der Waals surface area (Å²) in [5.74, 6) is 0.855. The summed E-state index contributed by atoms with van der Waals surface area (Å²) in [5.41, 5.74) is 7.86. The van der Waals surface area contributed by atoms with Crippen LogP contribution < -0.4 is 5.73 Å². The summed E-state index contributed by atoms with van der Waals surface area (Å²) < 4.78 is 14.0. The number of anilines is 1. The molecule has 3 unspecified atom stereocenters. The molecule has 0 saturated heterocycles. The van der Waals surface area contributed by atoms with Crippen molar-refractivity contribution in [1.29, 1.82) is 0 Å². The summed E-state index contributed by atoms with van der Waals surface area (Å²) in [6.07, 6.45) is 26.7. The smallest absolute Gasteiger partial charge is 0.306 e. The number of aliphatic hydroxyl groups is 3. The Bertz CT molecular complexity index is 1730. The Morgan fingerprint density at radius 1 is 0.647 bits per heavy atom. The molecule has 0 aliphatic carbocycles. The van der Waals surface area contributed by atoms with Crippen LogP contribution >= 0.6 is 0 Å². The van der Waals surface area contributed by atoms with Gasteiger partial charge in [-0.05, 0) is 85.0 Å². The third-order valence-corrected chi connectivity index (χ3v) is 13.4. The number of imidazole rings is 1. The van der Waals surface area contributed by atoms with E-state index in [1.54, 1.807) is 0 Å². The van der Waals surface area contributed by atoms with Gasteiger partial charge in [-0.15, -0.1) is 0 Å². The van der Waals surface area contributed by atoms with Crippen LogP contribution in [-0.2, 0) is 27.4 Å². The highest BCUT2D eigenvalue weighted by atomic mass is 16.6. The van der Waals surface area contributed by atoms with Crippen molar-refractivity contribution in [2.75, 3.05) is 51.6 Å². The molecule has 0 aliphatic heterocycles. The number of nitrogens with zero attached hydrogens (tertiary/aromatic N) is 5. The van der Waals surface area contributed by atoms with Gasteiger partial charge in [-0.25, -0.2) is 9.97 Å². The molecular formula is C56H100N6O6. The van der Waals surface area contributed by atoms with Crippen LogP contribution in [0.15, 0.2) is 24.3 Å². The van der Waals surface area contributed by atoms with E-state index in [4.69, 9.17) is 20.2 Å². The molecule has 68 heavy (non-hydrogen) atoms. The Hall–Kier alpha value is -2.87. The molecule has 2 heterocycles. The molecule has 2 aromatic heterocycles. The highest BCUT2D eigenvalue weighted by Gasteiger charge is 2.28. The van der Waals surface area contributed by atoms with Crippen molar-refractivity contribution in [3.8, 4) is 0 Å². The lowest BCUT2D eigenvalue weighted by atomic mass is 10.1. The zero-order valence-electron chi connectivity index (χ0n) is 44.2. The van der Waals surface area contributed by atoms with Crippen LogP contribution in [0.2, 0.25) is 0 Å². The third kappa shape index (κ3) is 24.3. The van der Waals surface area contributed by atoms with Crippen LogP contribution in [0.3, 0.4) is 0 Å². The lowest BCUT2D eigenvalue weighted by molar-refractivity contribution is -0.157. The van der Waals surface area contributed by atoms with E-state index in [-0.39, 0.29) is 12.1 Å². The van der Waals surface area contributed by atoms with Gasteiger partial charge in [0.2, 0.25) is 0 Å². The molecule has 3 rings (SSSR count). The number of unbranched alkanes of at least 4 members (excludes halogenated alkanes) is 17. The Morgan fingerprint density at radius 3 is 1.69 bits per heavy atom. The van der Waals surface area contributed by atoms with E-state index >= 15 is 0 Å². The number of ether oxygens (including phenoxy) is 2. The van der Waals surface area contributed by atoms with Crippen LogP contribution in [0.5, 0.6) is 0 Å². The van der Waals surface area contributed by atoms with Crippen molar-refractivity contribution < 1.29 is 29.6 Å².